The lowest BCUT2D eigenvalue weighted by Gasteiger charge is -2.19. The number of amides is 1. The zero-order valence-corrected chi connectivity index (χ0v) is 14.3. The highest BCUT2D eigenvalue weighted by atomic mass is 32.2. The van der Waals surface area contributed by atoms with Crippen molar-refractivity contribution in [3.63, 3.8) is 0 Å². The fourth-order valence-corrected chi connectivity index (χ4v) is 3.35. The van der Waals surface area contributed by atoms with E-state index in [1.165, 1.54) is 28.6 Å². The first-order valence-corrected chi connectivity index (χ1v) is 8.66. The Morgan fingerprint density at radius 1 is 1.18 bits per heavy atom. The Morgan fingerprint density at radius 3 is 2.09 bits per heavy atom. The van der Waals surface area contributed by atoms with Gasteiger partial charge < -0.3 is 10.4 Å². The maximum absolute atomic E-state index is 12.3. The Kier molecular flexibility index (Phi) is 6.10. The molecule has 0 aliphatic rings. The van der Waals surface area contributed by atoms with Crippen LogP contribution in [0.1, 0.15) is 38.1 Å². The summed E-state index contributed by atoms with van der Waals surface area (Å²) in [5, 5.41) is 12.2. The lowest BCUT2D eigenvalue weighted by molar-refractivity contribution is 0.0694. The van der Waals surface area contributed by atoms with Crippen molar-refractivity contribution in [3.05, 3.63) is 29.8 Å². The number of nitrogens with one attached hydrogen (secondary N) is 1. The minimum atomic E-state index is -3.52. The van der Waals surface area contributed by atoms with Gasteiger partial charge in [0, 0.05) is 25.2 Å². The molecule has 0 atom stereocenters. The van der Waals surface area contributed by atoms with Crippen molar-refractivity contribution in [1.82, 2.24) is 9.62 Å². The van der Waals surface area contributed by atoms with Crippen LogP contribution in [0.2, 0.25) is 0 Å². The summed E-state index contributed by atoms with van der Waals surface area (Å²) in [7, 11) is -3.52. The third-order valence-electron chi connectivity index (χ3n) is 3.14. The van der Waals surface area contributed by atoms with E-state index >= 15 is 0 Å². The van der Waals surface area contributed by atoms with Gasteiger partial charge in [-0.2, -0.15) is 4.31 Å². The largest absolute Gasteiger partial charge is 0.389 e. The summed E-state index contributed by atoms with van der Waals surface area (Å²) in [4.78, 5) is 12.1. The van der Waals surface area contributed by atoms with Crippen LogP contribution in [0.3, 0.4) is 0 Å². The van der Waals surface area contributed by atoms with Crippen molar-refractivity contribution in [3.8, 4) is 0 Å². The van der Waals surface area contributed by atoms with Gasteiger partial charge in [-0.25, -0.2) is 8.42 Å². The van der Waals surface area contributed by atoms with E-state index in [-0.39, 0.29) is 17.3 Å². The van der Waals surface area contributed by atoms with Gasteiger partial charge in [0.25, 0.3) is 5.91 Å². The predicted octanol–water partition coefficient (Wildman–Crippen LogP) is 1.22. The molecule has 0 spiro atoms. The molecule has 7 heteroatoms. The van der Waals surface area contributed by atoms with Gasteiger partial charge in [-0.05, 0) is 38.1 Å². The molecule has 0 aromatic heterocycles. The topological polar surface area (TPSA) is 86.7 Å². The number of hydrogen-bond donors (Lipinski definition) is 2. The number of carbonyl (C=O) groups is 1. The summed E-state index contributed by atoms with van der Waals surface area (Å²) in [6, 6.07) is 5.78. The highest BCUT2D eigenvalue weighted by Gasteiger charge is 2.22. The van der Waals surface area contributed by atoms with Crippen LogP contribution >= 0.6 is 0 Å². The van der Waals surface area contributed by atoms with E-state index in [1.54, 1.807) is 27.7 Å². The molecule has 0 aliphatic heterocycles. The molecule has 0 bridgehead atoms. The van der Waals surface area contributed by atoms with Gasteiger partial charge in [-0.3, -0.25) is 4.79 Å². The lowest BCUT2D eigenvalue weighted by Crippen LogP contribution is -2.38. The minimum Gasteiger partial charge on any atom is -0.389 e. The van der Waals surface area contributed by atoms with Crippen molar-refractivity contribution in [2.45, 2.75) is 38.2 Å². The van der Waals surface area contributed by atoms with Gasteiger partial charge in [0.15, 0.2) is 0 Å². The Morgan fingerprint density at radius 2 is 1.68 bits per heavy atom. The highest BCUT2D eigenvalue weighted by molar-refractivity contribution is 7.89. The van der Waals surface area contributed by atoms with Gasteiger partial charge >= 0.3 is 0 Å². The van der Waals surface area contributed by atoms with Crippen LogP contribution in [0.15, 0.2) is 29.2 Å². The molecule has 1 aromatic carbocycles. The van der Waals surface area contributed by atoms with E-state index in [2.05, 4.69) is 5.32 Å². The summed E-state index contributed by atoms with van der Waals surface area (Å²) >= 11 is 0. The first-order chi connectivity index (χ1) is 10.1. The Balaban J connectivity index is 2.89. The average molecular weight is 328 g/mol. The Hall–Kier alpha value is -1.44. The maximum atomic E-state index is 12.3. The normalized spacial score (nSPS) is 12.5. The molecule has 0 saturated carbocycles. The molecule has 1 aromatic rings. The van der Waals surface area contributed by atoms with Crippen LogP contribution in [-0.4, -0.2) is 49.0 Å². The first-order valence-electron chi connectivity index (χ1n) is 7.22. The molecular weight excluding hydrogens is 304 g/mol. The predicted molar refractivity (Wildman–Crippen MR) is 85.2 cm³/mol. The lowest BCUT2D eigenvalue weighted by atomic mass is 10.1. The molecule has 0 aliphatic carbocycles. The molecule has 0 heterocycles. The molecule has 124 valence electrons. The van der Waals surface area contributed by atoms with Gasteiger partial charge in [0.1, 0.15) is 0 Å². The van der Waals surface area contributed by atoms with Gasteiger partial charge in [-0.1, -0.05) is 13.8 Å². The standard InChI is InChI=1S/C15H24N2O4S/c1-5-17(6-2)22(20,21)13-9-7-12(8-10-13)14(18)16-11-15(3,4)19/h7-10,19H,5-6,11H2,1-4H3,(H,16,18). The average Bonchev–Trinajstić information content (AvgIpc) is 2.45. The number of carbonyl (C=O) groups excluding carboxylic acids is 1. The monoisotopic (exact) mass is 328 g/mol. The summed E-state index contributed by atoms with van der Waals surface area (Å²) in [5.74, 6) is -0.353. The highest BCUT2D eigenvalue weighted by Crippen LogP contribution is 2.16. The van der Waals surface area contributed by atoms with E-state index in [4.69, 9.17) is 0 Å². The van der Waals surface area contributed by atoms with Crippen LogP contribution in [-0.2, 0) is 10.0 Å². The van der Waals surface area contributed by atoms with Crippen LogP contribution in [0.5, 0.6) is 0 Å². The van der Waals surface area contributed by atoms with Crippen LogP contribution in [0.25, 0.3) is 0 Å². The molecule has 0 saturated heterocycles. The summed E-state index contributed by atoms with van der Waals surface area (Å²) in [6.07, 6.45) is 0. The van der Waals surface area contributed by atoms with E-state index in [9.17, 15) is 18.3 Å². The molecule has 22 heavy (non-hydrogen) atoms. The van der Waals surface area contributed by atoms with E-state index in [0.717, 1.165) is 0 Å². The maximum Gasteiger partial charge on any atom is 0.251 e. The quantitative estimate of drug-likeness (QED) is 0.788. The fraction of sp³-hybridized carbons (Fsp3) is 0.533. The van der Waals surface area contributed by atoms with Crippen molar-refractivity contribution >= 4 is 15.9 Å². The van der Waals surface area contributed by atoms with Gasteiger partial charge in [0.05, 0.1) is 10.5 Å². The van der Waals surface area contributed by atoms with Crippen LogP contribution in [0, 0.1) is 0 Å². The molecule has 0 fully saturated rings. The smallest absolute Gasteiger partial charge is 0.251 e. The Labute approximate surface area is 132 Å². The van der Waals surface area contributed by atoms with Crippen molar-refractivity contribution in [2.24, 2.45) is 0 Å². The second-order valence-electron chi connectivity index (χ2n) is 5.61. The number of aliphatic hydroxyl groups is 1. The molecule has 1 amide bonds. The Bertz CT molecular complexity index is 599. The fourth-order valence-electron chi connectivity index (χ4n) is 1.89. The van der Waals surface area contributed by atoms with Gasteiger partial charge in [-0.15, -0.1) is 0 Å². The zero-order valence-electron chi connectivity index (χ0n) is 13.5. The number of sulfonamides is 1. The van der Waals surface area contributed by atoms with Crippen molar-refractivity contribution in [2.75, 3.05) is 19.6 Å². The van der Waals surface area contributed by atoms with Crippen LogP contribution in [0.4, 0.5) is 0 Å². The number of benzene rings is 1. The van der Waals surface area contributed by atoms with Gasteiger partial charge in [0.2, 0.25) is 10.0 Å². The van der Waals surface area contributed by atoms with E-state index in [0.29, 0.717) is 18.7 Å². The van der Waals surface area contributed by atoms with E-state index < -0.39 is 15.6 Å². The zero-order chi connectivity index (χ0) is 17.0. The van der Waals surface area contributed by atoms with Crippen molar-refractivity contribution in [1.29, 1.82) is 0 Å². The third kappa shape index (κ3) is 4.79. The second kappa shape index (κ2) is 7.21. The van der Waals surface area contributed by atoms with Crippen molar-refractivity contribution < 1.29 is 18.3 Å². The first kappa shape index (κ1) is 18.6. The molecule has 1 rings (SSSR count). The second-order valence-corrected chi connectivity index (χ2v) is 7.55. The number of rotatable bonds is 7. The summed E-state index contributed by atoms with van der Waals surface area (Å²) in [6.45, 7) is 7.64. The number of nitrogens with zero attached hydrogens (tertiary/aromatic N) is 1. The SMILES string of the molecule is CCN(CC)S(=O)(=O)c1ccc(C(=O)NCC(C)(C)O)cc1. The molecule has 0 unspecified atom stereocenters. The summed E-state index contributed by atoms with van der Waals surface area (Å²) in [5.41, 5.74) is -0.649. The molecule has 2 N–H and O–H groups in total. The minimum absolute atomic E-state index is 0.116. The summed E-state index contributed by atoms with van der Waals surface area (Å²) < 4.78 is 26.0. The number of hydrogen-bond acceptors (Lipinski definition) is 4. The van der Waals surface area contributed by atoms with E-state index in [1.807, 2.05) is 0 Å². The molecule has 6 nitrogen and oxygen atoms in total. The third-order valence-corrected chi connectivity index (χ3v) is 5.21. The molecule has 0 radical (unpaired) electrons. The molecular formula is C15H24N2O4S. The van der Waals surface area contributed by atoms with Crippen LogP contribution < -0.4 is 5.32 Å².